The quantitative estimate of drug-likeness (QED) is 0.206. The number of ether oxygens (including phenoxy) is 1. The van der Waals surface area contributed by atoms with Gasteiger partial charge in [0.05, 0.1) is 29.2 Å². The van der Waals surface area contributed by atoms with Gasteiger partial charge in [-0.2, -0.15) is 0 Å². The molecule has 0 aromatic heterocycles. The molecule has 0 saturated heterocycles. The molecular weight excluding hydrogens is 406 g/mol. The van der Waals surface area contributed by atoms with Gasteiger partial charge < -0.3 is 15.4 Å². The van der Waals surface area contributed by atoms with E-state index in [0.717, 1.165) is 6.42 Å². The van der Waals surface area contributed by atoms with Gasteiger partial charge in [0.15, 0.2) is 5.11 Å². The Morgan fingerprint density at radius 3 is 2.53 bits per heavy atom. The van der Waals surface area contributed by atoms with E-state index in [1.165, 1.54) is 17.7 Å². The van der Waals surface area contributed by atoms with Gasteiger partial charge in [0.25, 0.3) is 5.69 Å². The predicted octanol–water partition coefficient (Wildman–Crippen LogP) is 3.67. The van der Waals surface area contributed by atoms with E-state index in [0.29, 0.717) is 24.3 Å². The number of esters is 1. The van der Waals surface area contributed by atoms with E-state index < -0.39 is 16.8 Å². The summed E-state index contributed by atoms with van der Waals surface area (Å²) in [5.74, 6) is -0.900. The largest absolute Gasteiger partial charge is 0.466 e. The molecule has 2 rings (SSSR count). The van der Waals surface area contributed by atoms with Crippen LogP contribution in [0.1, 0.15) is 30.4 Å². The third-order valence-corrected chi connectivity index (χ3v) is 4.48. The van der Waals surface area contributed by atoms with Crippen LogP contribution in [-0.4, -0.2) is 28.5 Å². The van der Waals surface area contributed by atoms with Crippen molar-refractivity contribution >= 4 is 40.6 Å². The van der Waals surface area contributed by atoms with Crippen LogP contribution in [0.4, 0.5) is 11.4 Å². The zero-order chi connectivity index (χ0) is 21.9. The maximum Gasteiger partial charge on any atom is 0.306 e. The SMILES string of the molecule is Cc1c(NC(=S)NC(=O)CCC(=O)OCCCc2ccccc2)cccc1[N+](=O)[O-]. The Labute approximate surface area is 179 Å². The van der Waals surface area contributed by atoms with E-state index >= 15 is 0 Å². The van der Waals surface area contributed by atoms with Crippen LogP contribution in [0.25, 0.3) is 0 Å². The summed E-state index contributed by atoms with van der Waals surface area (Å²) in [5, 5.41) is 16.2. The fourth-order valence-corrected chi connectivity index (χ4v) is 2.92. The van der Waals surface area contributed by atoms with Crippen molar-refractivity contribution in [1.29, 1.82) is 0 Å². The summed E-state index contributed by atoms with van der Waals surface area (Å²) in [6.45, 7) is 1.88. The van der Waals surface area contributed by atoms with Crippen LogP contribution in [0, 0.1) is 17.0 Å². The first-order valence-corrected chi connectivity index (χ1v) is 9.82. The average Bonchev–Trinajstić information content (AvgIpc) is 2.71. The standard InChI is InChI=1S/C21H23N3O5S/c1-15-17(10-5-11-18(15)24(27)28)22-21(30)23-19(25)12-13-20(26)29-14-6-9-16-7-3-2-4-8-16/h2-5,7-8,10-11H,6,9,12-14H2,1H3,(H2,22,23,25,30). The lowest BCUT2D eigenvalue weighted by molar-refractivity contribution is -0.385. The van der Waals surface area contributed by atoms with Crippen LogP contribution in [0.15, 0.2) is 48.5 Å². The van der Waals surface area contributed by atoms with E-state index in [-0.39, 0.29) is 23.6 Å². The number of nitro groups is 1. The third kappa shape index (κ3) is 7.59. The fraction of sp³-hybridized carbons (Fsp3) is 0.286. The lowest BCUT2D eigenvalue weighted by Gasteiger charge is -2.11. The highest BCUT2D eigenvalue weighted by Crippen LogP contribution is 2.24. The lowest BCUT2D eigenvalue weighted by atomic mass is 10.1. The maximum absolute atomic E-state index is 12.0. The van der Waals surface area contributed by atoms with Gasteiger partial charge in [-0.05, 0) is 43.6 Å². The van der Waals surface area contributed by atoms with Crippen molar-refractivity contribution < 1.29 is 19.2 Å². The number of benzene rings is 2. The second-order valence-electron chi connectivity index (χ2n) is 6.52. The molecule has 2 N–H and O–H groups in total. The van der Waals surface area contributed by atoms with Gasteiger partial charge in [0.2, 0.25) is 5.91 Å². The van der Waals surface area contributed by atoms with Crippen LogP contribution in [-0.2, 0) is 20.7 Å². The Kier molecular flexibility index (Phi) is 8.89. The number of rotatable bonds is 9. The van der Waals surface area contributed by atoms with Crippen molar-refractivity contribution in [3.63, 3.8) is 0 Å². The van der Waals surface area contributed by atoms with Crippen LogP contribution in [0.3, 0.4) is 0 Å². The van der Waals surface area contributed by atoms with Crippen molar-refractivity contribution in [2.24, 2.45) is 0 Å². The number of hydrogen-bond donors (Lipinski definition) is 2. The second-order valence-corrected chi connectivity index (χ2v) is 6.93. The van der Waals surface area contributed by atoms with Gasteiger partial charge in [0, 0.05) is 12.5 Å². The summed E-state index contributed by atoms with van der Waals surface area (Å²) < 4.78 is 5.13. The summed E-state index contributed by atoms with van der Waals surface area (Å²) >= 11 is 5.06. The van der Waals surface area contributed by atoms with Crippen molar-refractivity contribution in [2.75, 3.05) is 11.9 Å². The van der Waals surface area contributed by atoms with Crippen LogP contribution in [0.2, 0.25) is 0 Å². The molecule has 0 atom stereocenters. The number of carbonyl (C=O) groups excluding carboxylic acids is 2. The Balaban J connectivity index is 1.67. The highest BCUT2D eigenvalue weighted by Gasteiger charge is 2.15. The van der Waals surface area contributed by atoms with E-state index in [2.05, 4.69) is 10.6 Å². The van der Waals surface area contributed by atoms with Gasteiger partial charge in [-0.1, -0.05) is 36.4 Å². The first-order valence-electron chi connectivity index (χ1n) is 9.41. The Morgan fingerprint density at radius 1 is 1.10 bits per heavy atom. The molecule has 0 bridgehead atoms. The van der Waals surface area contributed by atoms with Gasteiger partial charge in [-0.3, -0.25) is 19.7 Å². The topological polar surface area (TPSA) is 111 Å². The molecule has 0 heterocycles. The number of carbonyl (C=O) groups is 2. The predicted molar refractivity (Wildman–Crippen MR) is 117 cm³/mol. The highest BCUT2D eigenvalue weighted by atomic mass is 32.1. The molecule has 0 spiro atoms. The number of thiocarbonyl (C=S) groups is 1. The number of nitrogens with one attached hydrogen (secondary N) is 2. The molecule has 0 aliphatic heterocycles. The summed E-state index contributed by atoms with van der Waals surface area (Å²) in [6.07, 6.45) is 1.38. The molecule has 0 radical (unpaired) electrons. The van der Waals surface area contributed by atoms with Crippen molar-refractivity contribution in [3.8, 4) is 0 Å². The smallest absolute Gasteiger partial charge is 0.306 e. The van der Waals surface area contributed by atoms with Crippen LogP contribution >= 0.6 is 12.2 Å². The van der Waals surface area contributed by atoms with Crippen molar-refractivity contribution in [2.45, 2.75) is 32.6 Å². The third-order valence-electron chi connectivity index (χ3n) is 4.27. The van der Waals surface area contributed by atoms with Crippen LogP contribution in [0.5, 0.6) is 0 Å². The molecule has 2 aromatic rings. The first kappa shape index (κ1) is 23.0. The van der Waals surface area contributed by atoms with Crippen molar-refractivity contribution in [3.05, 3.63) is 69.8 Å². The highest BCUT2D eigenvalue weighted by molar-refractivity contribution is 7.80. The minimum atomic E-state index is -0.492. The zero-order valence-corrected chi connectivity index (χ0v) is 17.4. The van der Waals surface area contributed by atoms with Crippen LogP contribution < -0.4 is 10.6 Å². The first-order chi connectivity index (χ1) is 14.4. The second kappa shape index (κ2) is 11.6. The molecule has 1 amide bonds. The summed E-state index contributed by atoms with van der Waals surface area (Å²) in [5.41, 5.74) is 1.95. The van der Waals surface area contributed by atoms with E-state index in [1.54, 1.807) is 13.0 Å². The number of hydrogen-bond acceptors (Lipinski definition) is 6. The molecule has 158 valence electrons. The van der Waals surface area contributed by atoms with Gasteiger partial charge in [-0.25, -0.2) is 0 Å². The molecular formula is C21H23N3O5S. The Bertz CT molecular complexity index is 918. The molecule has 0 aliphatic rings. The molecule has 0 saturated carbocycles. The summed E-state index contributed by atoms with van der Waals surface area (Å²) in [7, 11) is 0. The van der Waals surface area contributed by atoms with Gasteiger partial charge in [0.1, 0.15) is 0 Å². The Morgan fingerprint density at radius 2 is 1.83 bits per heavy atom. The molecule has 0 aliphatic carbocycles. The molecule has 2 aromatic carbocycles. The maximum atomic E-state index is 12.0. The van der Waals surface area contributed by atoms with Crippen molar-refractivity contribution in [1.82, 2.24) is 5.32 Å². The zero-order valence-electron chi connectivity index (χ0n) is 16.6. The molecule has 0 unspecified atom stereocenters. The number of nitro benzene ring substituents is 1. The molecule has 9 heteroatoms. The summed E-state index contributed by atoms with van der Waals surface area (Å²) in [6, 6.07) is 14.4. The minimum Gasteiger partial charge on any atom is -0.466 e. The monoisotopic (exact) mass is 429 g/mol. The summed E-state index contributed by atoms with van der Waals surface area (Å²) in [4.78, 5) is 34.2. The molecule has 30 heavy (non-hydrogen) atoms. The van der Waals surface area contributed by atoms with Gasteiger partial charge in [-0.15, -0.1) is 0 Å². The van der Waals surface area contributed by atoms with Gasteiger partial charge >= 0.3 is 5.97 Å². The Hall–Kier alpha value is -3.33. The lowest BCUT2D eigenvalue weighted by Crippen LogP contribution is -2.34. The normalized spacial score (nSPS) is 10.2. The molecule has 0 fully saturated rings. The average molecular weight is 429 g/mol. The minimum absolute atomic E-state index is 0.000161. The van der Waals surface area contributed by atoms with E-state index in [4.69, 9.17) is 17.0 Å². The number of amides is 1. The number of anilines is 1. The fourth-order valence-electron chi connectivity index (χ4n) is 2.69. The van der Waals surface area contributed by atoms with E-state index in [9.17, 15) is 19.7 Å². The molecule has 8 nitrogen and oxygen atoms in total. The van der Waals surface area contributed by atoms with E-state index in [1.807, 2.05) is 30.3 Å². The number of aryl methyl sites for hydroxylation is 1. The number of nitrogens with zero attached hydrogens (tertiary/aromatic N) is 1.